The Morgan fingerprint density at radius 3 is 2.67 bits per heavy atom. The van der Waals surface area contributed by atoms with Crippen molar-refractivity contribution >= 4 is 24.2 Å². The summed E-state index contributed by atoms with van der Waals surface area (Å²) in [4.78, 5) is 14.7. The second-order valence-corrected chi connectivity index (χ2v) is 7.43. The summed E-state index contributed by atoms with van der Waals surface area (Å²) in [6, 6.07) is 7.54. The van der Waals surface area contributed by atoms with E-state index < -0.39 is 0 Å². The van der Waals surface area contributed by atoms with E-state index >= 15 is 0 Å². The Hall–Kier alpha value is -1.46. The van der Waals surface area contributed by atoms with Crippen LogP contribution in [0.15, 0.2) is 24.3 Å². The van der Waals surface area contributed by atoms with Gasteiger partial charge in [0.15, 0.2) is 0 Å². The number of unbranched alkanes of at least 4 members (excludes halogenated alkanes) is 1. The van der Waals surface area contributed by atoms with Gasteiger partial charge < -0.3 is 14.4 Å². The van der Waals surface area contributed by atoms with Crippen LogP contribution < -0.4 is 10.1 Å². The molecule has 1 amide bonds. The van der Waals surface area contributed by atoms with Gasteiger partial charge in [-0.3, -0.25) is 5.32 Å². The molecule has 0 heterocycles. The molecular weight excluding hydrogens is 364 g/mol. The third kappa shape index (κ3) is 8.39. The van der Waals surface area contributed by atoms with Crippen LogP contribution in [0.5, 0.6) is 5.75 Å². The third-order valence-electron chi connectivity index (χ3n) is 4.83. The fourth-order valence-electron chi connectivity index (χ4n) is 3.48. The molecule has 2 rings (SSSR count). The average Bonchev–Trinajstić information content (AvgIpc) is 2.81. The lowest BCUT2D eigenvalue weighted by molar-refractivity contribution is 0.0569. The standard InChI is InChI=1S/C21H34N2O3.ClH/c1-4-5-15-25-20-14-10-9-12-18(20)22-21(24)26-19-13-8-6-7-11-17(19)16-23(2)3;/h9-10,12,14,17,19H,4-8,11,13,15-16H2,1-3H3,(H,22,24);1H/t17-,19+;/m1./s1. The summed E-state index contributed by atoms with van der Waals surface area (Å²) in [6.07, 6.45) is 7.29. The molecule has 5 nitrogen and oxygen atoms in total. The Morgan fingerprint density at radius 2 is 1.93 bits per heavy atom. The molecule has 0 unspecified atom stereocenters. The fourth-order valence-corrected chi connectivity index (χ4v) is 3.48. The minimum atomic E-state index is -0.382. The molecular formula is C21H35ClN2O3. The summed E-state index contributed by atoms with van der Waals surface area (Å²) >= 11 is 0. The van der Waals surface area contributed by atoms with E-state index in [0.29, 0.717) is 24.0 Å². The van der Waals surface area contributed by atoms with Gasteiger partial charge in [-0.25, -0.2) is 4.79 Å². The van der Waals surface area contributed by atoms with Crippen LogP contribution in [-0.2, 0) is 4.74 Å². The van der Waals surface area contributed by atoms with Gasteiger partial charge in [0.2, 0.25) is 0 Å². The van der Waals surface area contributed by atoms with Gasteiger partial charge in [0.1, 0.15) is 11.9 Å². The zero-order chi connectivity index (χ0) is 18.8. The van der Waals surface area contributed by atoms with Gasteiger partial charge in [0, 0.05) is 12.5 Å². The van der Waals surface area contributed by atoms with Crippen LogP contribution in [0.1, 0.15) is 51.9 Å². The maximum atomic E-state index is 12.5. The molecule has 154 valence electrons. The van der Waals surface area contributed by atoms with Crippen LogP contribution >= 0.6 is 12.4 Å². The van der Waals surface area contributed by atoms with E-state index in [2.05, 4.69) is 31.2 Å². The zero-order valence-electron chi connectivity index (χ0n) is 16.9. The molecule has 1 N–H and O–H groups in total. The normalized spacial score (nSPS) is 19.7. The van der Waals surface area contributed by atoms with Gasteiger partial charge >= 0.3 is 6.09 Å². The molecule has 1 saturated carbocycles. The van der Waals surface area contributed by atoms with Gasteiger partial charge in [-0.05, 0) is 51.9 Å². The second kappa shape index (κ2) is 12.8. The van der Waals surface area contributed by atoms with Crippen molar-refractivity contribution in [1.29, 1.82) is 0 Å². The molecule has 1 aromatic rings. The molecule has 0 aliphatic heterocycles. The van der Waals surface area contributed by atoms with E-state index in [-0.39, 0.29) is 24.6 Å². The smallest absolute Gasteiger partial charge is 0.412 e. The highest BCUT2D eigenvalue weighted by atomic mass is 35.5. The molecule has 0 spiro atoms. The molecule has 1 aliphatic carbocycles. The van der Waals surface area contributed by atoms with E-state index in [1.807, 2.05) is 24.3 Å². The average molecular weight is 399 g/mol. The highest BCUT2D eigenvalue weighted by molar-refractivity contribution is 5.86. The van der Waals surface area contributed by atoms with Crippen molar-refractivity contribution in [2.45, 2.75) is 58.0 Å². The summed E-state index contributed by atoms with van der Waals surface area (Å²) in [7, 11) is 4.15. The molecule has 0 aromatic heterocycles. The van der Waals surface area contributed by atoms with Crippen LogP contribution in [0.4, 0.5) is 10.5 Å². The highest BCUT2D eigenvalue weighted by Gasteiger charge is 2.27. The van der Waals surface area contributed by atoms with E-state index in [0.717, 1.165) is 38.6 Å². The summed E-state index contributed by atoms with van der Waals surface area (Å²) in [5.74, 6) is 1.10. The fraction of sp³-hybridized carbons (Fsp3) is 0.667. The number of halogens is 1. The number of benzene rings is 1. The van der Waals surface area contributed by atoms with Crippen LogP contribution in [0.2, 0.25) is 0 Å². The Kier molecular flexibility index (Phi) is 11.2. The molecule has 1 fully saturated rings. The lowest BCUT2D eigenvalue weighted by Crippen LogP contribution is -2.34. The minimum absolute atomic E-state index is 0. The number of hydrogen-bond donors (Lipinski definition) is 1. The van der Waals surface area contributed by atoms with Crippen molar-refractivity contribution in [2.24, 2.45) is 5.92 Å². The molecule has 6 heteroatoms. The zero-order valence-corrected chi connectivity index (χ0v) is 17.7. The molecule has 1 aromatic carbocycles. The number of rotatable bonds is 8. The summed E-state index contributed by atoms with van der Waals surface area (Å²) in [5, 5.41) is 2.88. The predicted molar refractivity (Wildman–Crippen MR) is 113 cm³/mol. The third-order valence-corrected chi connectivity index (χ3v) is 4.83. The first kappa shape index (κ1) is 23.6. The first-order valence-corrected chi connectivity index (χ1v) is 9.94. The summed E-state index contributed by atoms with van der Waals surface area (Å²) in [6.45, 7) is 3.73. The quantitative estimate of drug-likeness (QED) is 0.474. The Balaban J connectivity index is 0.00000364. The Labute approximate surface area is 170 Å². The maximum Gasteiger partial charge on any atom is 0.412 e. The van der Waals surface area contributed by atoms with Crippen LogP contribution in [0.25, 0.3) is 0 Å². The van der Waals surface area contributed by atoms with E-state index in [1.165, 1.54) is 12.8 Å². The number of para-hydroxylation sites is 2. The monoisotopic (exact) mass is 398 g/mol. The van der Waals surface area contributed by atoms with Crippen LogP contribution in [0, 0.1) is 5.92 Å². The largest absolute Gasteiger partial charge is 0.491 e. The number of carbonyl (C=O) groups is 1. The predicted octanol–water partition coefficient (Wildman–Crippen LogP) is 5.35. The summed E-state index contributed by atoms with van der Waals surface area (Å²) < 4.78 is 11.6. The van der Waals surface area contributed by atoms with Crippen molar-refractivity contribution in [3.63, 3.8) is 0 Å². The van der Waals surface area contributed by atoms with Gasteiger partial charge in [-0.1, -0.05) is 38.3 Å². The number of amides is 1. The van der Waals surface area contributed by atoms with Crippen molar-refractivity contribution in [3.8, 4) is 5.75 Å². The topological polar surface area (TPSA) is 50.8 Å². The number of nitrogens with zero attached hydrogens (tertiary/aromatic N) is 1. The van der Waals surface area contributed by atoms with Gasteiger partial charge in [0.25, 0.3) is 0 Å². The van der Waals surface area contributed by atoms with Crippen molar-refractivity contribution in [3.05, 3.63) is 24.3 Å². The first-order chi connectivity index (χ1) is 12.6. The minimum Gasteiger partial charge on any atom is -0.491 e. The highest BCUT2D eigenvalue weighted by Crippen LogP contribution is 2.28. The van der Waals surface area contributed by atoms with Crippen molar-refractivity contribution in [2.75, 3.05) is 32.6 Å². The summed E-state index contributed by atoms with van der Waals surface area (Å²) in [5.41, 5.74) is 0.673. The van der Waals surface area contributed by atoms with Crippen molar-refractivity contribution in [1.82, 2.24) is 4.90 Å². The number of nitrogens with one attached hydrogen (secondary N) is 1. The number of anilines is 1. The molecule has 27 heavy (non-hydrogen) atoms. The molecule has 1 aliphatic rings. The Bertz CT molecular complexity index is 554. The first-order valence-electron chi connectivity index (χ1n) is 9.94. The molecule has 0 radical (unpaired) electrons. The molecule has 0 bridgehead atoms. The second-order valence-electron chi connectivity index (χ2n) is 7.43. The van der Waals surface area contributed by atoms with E-state index in [4.69, 9.17) is 9.47 Å². The van der Waals surface area contributed by atoms with Crippen LogP contribution in [-0.4, -0.2) is 44.3 Å². The number of carbonyl (C=O) groups excluding carboxylic acids is 1. The van der Waals surface area contributed by atoms with Gasteiger partial charge in [-0.2, -0.15) is 0 Å². The Morgan fingerprint density at radius 1 is 1.19 bits per heavy atom. The maximum absolute atomic E-state index is 12.5. The van der Waals surface area contributed by atoms with Crippen LogP contribution in [0.3, 0.4) is 0 Å². The SMILES string of the molecule is CCCCOc1ccccc1NC(=O)O[C@H]1CCCCC[C@@H]1CN(C)C.Cl. The number of ether oxygens (including phenoxy) is 2. The lowest BCUT2D eigenvalue weighted by atomic mass is 9.97. The van der Waals surface area contributed by atoms with Gasteiger partial charge in [-0.15, -0.1) is 12.4 Å². The molecule has 0 saturated heterocycles. The van der Waals surface area contributed by atoms with Gasteiger partial charge in [0.05, 0.1) is 12.3 Å². The van der Waals surface area contributed by atoms with Crippen molar-refractivity contribution < 1.29 is 14.3 Å². The molecule has 2 atom stereocenters. The van der Waals surface area contributed by atoms with E-state index in [1.54, 1.807) is 0 Å². The van der Waals surface area contributed by atoms with E-state index in [9.17, 15) is 4.79 Å². The number of hydrogen-bond acceptors (Lipinski definition) is 4. The lowest BCUT2D eigenvalue weighted by Gasteiger charge is -2.27.